The van der Waals surface area contributed by atoms with Crippen LogP contribution in [0.4, 0.5) is 0 Å². The van der Waals surface area contributed by atoms with Crippen LogP contribution in [0.5, 0.6) is 0 Å². The Hall–Kier alpha value is -0.560. The number of nitrogens with two attached hydrogens (primary N) is 1. The van der Waals surface area contributed by atoms with Gasteiger partial charge in [0.05, 0.1) is 0 Å². The highest BCUT2D eigenvalue weighted by atomic mass is 32.2. The van der Waals surface area contributed by atoms with Gasteiger partial charge in [0.15, 0.2) is 0 Å². The summed E-state index contributed by atoms with van der Waals surface area (Å²) in [6.07, 6.45) is 22.4. The van der Waals surface area contributed by atoms with Crippen LogP contribution in [0, 0.1) is 0 Å². The van der Waals surface area contributed by atoms with Crippen molar-refractivity contribution in [2.45, 2.75) is 110 Å². The molecule has 160 valence electrons. The van der Waals surface area contributed by atoms with Gasteiger partial charge in [0, 0.05) is 19.4 Å². The van der Waals surface area contributed by atoms with Crippen LogP contribution in [0.15, 0.2) is 12.2 Å². The van der Waals surface area contributed by atoms with Crippen molar-refractivity contribution in [3.05, 3.63) is 12.2 Å². The van der Waals surface area contributed by atoms with E-state index in [0.717, 1.165) is 51.4 Å². The van der Waals surface area contributed by atoms with Crippen LogP contribution in [-0.4, -0.2) is 16.5 Å². The van der Waals surface area contributed by atoms with Gasteiger partial charge in [-0.2, -0.15) is 10.2 Å². The van der Waals surface area contributed by atoms with Crippen LogP contribution < -0.4 is 10.6 Å². The first kappa shape index (κ1) is 26.4. The van der Waals surface area contributed by atoms with Gasteiger partial charge in [0.25, 0.3) is 11.3 Å². The number of unbranched alkanes of at least 4 members (excludes halogenated alkanes) is 11. The fourth-order valence-corrected chi connectivity index (χ4v) is 3.36. The van der Waals surface area contributed by atoms with E-state index in [-0.39, 0.29) is 0 Å². The molecule has 0 aromatic heterocycles. The minimum atomic E-state index is -1.55. The molecule has 0 heterocycles. The van der Waals surface area contributed by atoms with E-state index in [0.29, 0.717) is 12.3 Å². The topological polar surface area (TPSA) is 81.4 Å². The zero-order chi connectivity index (χ0) is 20.0. The number of carbonyl (C=O) groups is 1. The Labute approximate surface area is 169 Å². The molecule has 0 amide bonds. The molecule has 0 rings (SSSR count). The Morgan fingerprint density at radius 3 is 1.96 bits per heavy atom. The number of hydrogen-bond donors (Lipinski definition) is 2. The van der Waals surface area contributed by atoms with Crippen molar-refractivity contribution in [1.82, 2.24) is 4.72 Å². The van der Waals surface area contributed by atoms with Crippen LogP contribution in [0.25, 0.3) is 0 Å². The monoisotopic (exact) mass is 402 g/mol. The van der Waals surface area contributed by atoms with E-state index in [4.69, 9.17) is 5.90 Å². The van der Waals surface area contributed by atoms with Gasteiger partial charge in [-0.3, -0.25) is 4.79 Å². The van der Waals surface area contributed by atoms with E-state index in [1.54, 1.807) is 0 Å². The minimum absolute atomic E-state index is 0.457. The molecule has 0 fully saturated rings. The highest BCUT2D eigenvalue weighted by molar-refractivity contribution is 7.78. The Balaban J connectivity index is 3.23. The third-order valence-corrected chi connectivity index (χ3v) is 5.27. The zero-order valence-electron chi connectivity index (χ0n) is 17.4. The molecule has 6 heteroatoms. The van der Waals surface area contributed by atoms with E-state index in [1.165, 1.54) is 51.4 Å². The van der Waals surface area contributed by atoms with Crippen molar-refractivity contribution >= 4 is 17.0 Å². The van der Waals surface area contributed by atoms with Crippen molar-refractivity contribution in [3.8, 4) is 0 Å². The first-order valence-electron chi connectivity index (χ1n) is 10.9. The molecule has 27 heavy (non-hydrogen) atoms. The maximum Gasteiger partial charge on any atom is 0.251 e. The lowest BCUT2D eigenvalue weighted by atomic mass is 10.0. The normalized spacial score (nSPS) is 12.7. The summed E-state index contributed by atoms with van der Waals surface area (Å²) < 4.78 is 17.7. The molecule has 0 saturated heterocycles. The summed E-state index contributed by atoms with van der Waals surface area (Å²) in [7, 11) is 0. The molecular formula is C21H42N2O3S. The van der Waals surface area contributed by atoms with Crippen LogP contribution in [0.3, 0.4) is 0 Å². The standard InChI is InChI=1S/C21H42N2O3S/c1-2-3-4-15-18-21(24)19-16-13-11-9-7-5-6-8-10-12-14-17-20-23-27(25)26-22/h5,7,23H,2-4,6,8-20,22H2,1H3/b7-5-. The average Bonchev–Trinajstić information content (AvgIpc) is 2.68. The number of ketones is 1. The lowest BCUT2D eigenvalue weighted by Crippen LogP contribution is -2.22. The summed E-state index contributed by atoms with van der Waals surface area (Å²) in [5.41, 5.74) is 0. The van der Waals surface area contributed by atoms with Gasteiger partial charge in [-0.15, -0.1) is 0 Å². The fourth-order valence-electron chi connectivity index (χ4n) is 2.98. The maximum atomic E-state index is 11.7. The van der Waals surface area contributed by atoms with Gasteiger partial charge >= 0.3 is 0 Å². The second kappa shape index (κ2) is 21.7. The van der Waals surface area contributed by atoms with Gasteiger partial charge in [-0.05, 0) is 44.9 Å². The first-order valence-corrected chi connectivity index (χ1v) is 12.0. The number of hydrogen-bond acceptors (Lipinski definition) is 4. The number of carbonyl (C=O) groups excluding carboxylic acids is 1. The molecule has 0 radical (unpaired) electrons. The summed E-state index contributed by atoms with van der Waals surface area (Å²) in [5.74, 6) is 5.24. The Bertz CT molecular complexity index is 390. The number of Topliss-reactive ketones (excluding diaryl/α,β-unsaturated/α-hetero) is 1. The molecule has 5 nitrogen and oxygen atoms in total. The molecule has 1 unspecified atom stereocenters. The molecule has 0 spiro atoms. The molecule has 1 atom stereocenters. The van der Waals surface area contributed by atoms with Gasteiger partial charge in [-0.25, -0.2) is 8.93 Å². The predicted octanol–water partition coefficient (Wildman–Crippen LogP) is 5.43. The van der Waals surface area contributed by atoms with E-state index < -0.39 is 11.3 Å². The van der Waals surface area contributed by atoms with Gasteiger partial charge in [0.1, 0.15) is 5.78 Å². The van der Waals surface area contributed by atoms with Crippen molar-refractivity contribution < 1.29 is 13.3 Å². The van der Waals surface area contributed by atoms with Gasteiger partial charge < -0.3 is 0 Å². The maximum absolute atomic E-state index is 11.7. The molecule has 0 aliphatic rings. The molecule has 0 aromatic rings. The number of allylic oxidation sites excluding steroid dienone is 2. The van der Waals surface area contributed by atoms with Gasteiger partial charge in [-0.1, -0.05) is 64.0 Å². The van der Waals surface area contributed by atoms with E-state index in [2.05, 4.69) is 28.1 Å². The number of nitrogens with one attached hydrogen (secondary N) is 1. The van der Waals surface area contributed by atoms with Crippen molar-refractivity contribution in [3.63, 3.8) is 0 Å². The van der Waals surface area contributed by atoms with Crippen molar-refractivity contribution in [2.75, 3.05) is 6.54 Å². The summed E-state index contributed by atoms with van der Waals surface area (Å²) in [4.78, 5) is 11.7. The molecular weight excluding hydrogens is 360 g/mol. The van der Waals surface area contributed by atoms with Crippen LogP contribution >= 0.6 is 0 Å². The first-order chi connectivity index (χ1) is 13.2. The van der Waals surface area contributed by atoms with E-state index in [9.17, 15) is 9.00 Å². The average molecular weight is 403 g/mol. The highest BCUT2D eigenvalue weighted by Crippen LogP contribution is 2.10. The number of rotatable bonds is 21. The Morgan fingerprint density at radius 1 is 0.852 bits per heavy atom. The summed E-state index contributed by atoms with van der Waals surface area (Å²) in [5, 5.41) is 0. The fraction of sp³-hybridized carbons (Fsp3) is 0.857. The van der Waals surface area contributed by atoms with Crippen LogP contribution in [0.2, 0.25) is 0 Å². The SMILES string of the molecule is CCCCCCC(=O)CCCCC/C=C\CCCCCCCNS(=O)ON. The van der Waals surface area contributed by atoms with E-state index >= 15 is 0 Å². The predicted molar refractivity (Wildman–Crippen MR) is 115 cm³/mol. The quantitative estimate of drug-likeness (QED) is 0.152. The highest BCUT2D eigenvalue weighted by Gasteiger charge is 2.01. The van der Waals surface area contributed by atoms with Crippen LogP contribution in [-0.2, 0) is 20.3 Å². The zero-order valence-corrected chi connectivity index (χ0v) is 18.2. The Kier molecular flexibility index (Phi) is 21.3. The molecule has 0 aliphatic carbocycles. The summed E-state index contributed by atoms with van der Waals surface area (Å²) in [6.45, 7) is 2.87. The molecule has 0 saturated carbocycles. The molecule has 3 N–H and O–H groups in total. The Morgan fingerprint density at radius 2 is 1.37 bits per heavy atom. The van der Waals surface area contributed by atoms with Crippen molar-refractivity contribution in [2.24, 2.45) is 5.90 Å². The summed E-state index contributed by atoms with van der Waals surface area (Å²) in [6, 6.07) is 0. The molecule has 0 aliphatic heterocycles. The lowest BCUT2D eigenvalue weighted by Gasteiger charge is -2.02. The van der Waals surface area contributed by atoms with Crippen LogP contribution in [0.1, 0.15) is 110 Å². The minimum Gasteiger partial charge on any atom is -0.300 e. The lowest BCUT2D eigenvalue weighted by molar-refractivity contribution is -0.119. The smallest absolute Gasteiger partial charge is 0.251 e. The largest absolute Gasteiger partial charge is 0.300 e. The van der Waals surface area contributed by atoms with Gasteiger partial charge in [0.2, 0.25) is 0 Å². The summed E-state index contributed by atoms with van der Waals surface area (Å²) >= 11 is -1.55. The second-order valence-corrected chi connectivity index (χ2v) is 8.15. The van der Waals surface area contributed by atoms with Crippen molar-refractivity contribution in [1.29, 1.82) is 0 Å². The third kappa shape index (κ3) is 21.6. The van der Waals surface area contributed by atoms with E-state index in [1.807, 2.05) is 0 Å². The molecule has 0 aromatic carbocycles. The third-order valence-electron chi connectivity index (χ3n) is 4.66. The second-order valence-electron chi connectivity index (χ2n) is 7.20. The molecule has 0 bridgehead atoms.